The first-order valence-corrected chi connectivity index (χ1v) is 11.5. The van der Waals surface area contributed by atoms with Crippen LogP contribution in [0.15, 0.2) is 24.3 Å². The van der Waals surface area contributed by atoms with Gasteiger partial charge in [-0.05, 0) is 56.4 Å². The molecule has 0 bridgehead atoms. The van der Waals surface area contributed by atoms with Gasteiger partial charge < -0.3 is 9.80 Å². The molecule has 27 heavy (non-hydrogen) atoms. The second kappa shape index (κ2) is 8.00. The van der Waals surface area contributed by atoms with Crippen molar-refractivity contribution in [1.29, 1.82) is 0 Å². The van der Waals surface area contributed by atoms with Gasteiger partial charge in [-0.1, -0.05) is 6.92 Å². The fourth-order valence-corrected chi connectivity index (χ4v) is 5.80. The number of piperidine rings is 1. The Kier molecular flexibility index (Phi) is 5.89. The van der Waals surface area contributed by atoms with Gasteiger partial charge in [0.05, 0.1) is 11.5 Å². The van der Waals surface area contributed by atoms with Gasteiger partial charge in [-0.15, -0.1) is 0 Å². The van der Waals surface area contributed by atoms with Gasteiger partial charge in [0.2, 0.25) is 0 Å². The maximum absolute atomic E-state index is 12.8. The third-order valence-electron chi connectivity index (χ3n) is 5.57. The fourth-order valence-electron chi connectivity index (χ4n) is 4.07. The lowest BCUT2D eigenvalue weighted by molar-refractivity contribution is 0.0678. The largest absolute Gasteiger partial charge is 0.338 e. The number of carbonyl (C=O) groups is 2. The van der Waals surface area contributed by atoms with Crippen molar-refractivity contribution in [1.82, 2.24) is 9.80 Å². The van der Waals surface area contributed by atoms with Crippen molar-refractivity contribution in [3.63, 3.8) is 0 Å². The molecule has 3 rings (SSSR count). The molecule has 2 unspecified atom stereocenters. The van der Waals surface area contributed by atoms with Crippen molar-refractivity contribution in [2.45, 2.75) is 39.2 Å². The average Bonchev–Trinajstić information content (AvgIpc) is 3.01. The summed E-state index contributed by atoms with van der Waals surface area (Å²) >= 11 is 0. The van der Waals surface area contributed by atoms with Crippen molar-refractivity contribution in [2.24, 2.45) is 5.92 Å². The predicted octanol–water partition coefficient (Wildman–Crippen LogP) is 2.21. The smallest absolute Gasteiger partial charge is 0.254 e. The Morgan fingerprint density at radius 3 is 2.37 bits per heavy atom. The third-order valence-corrected chi connectivity index (χ3v) is 7.32. The van der Waals surface area contributed by atoms with Crippen LogP contribution in [0.4, 0.5) is 0 Å². The zero-order valence-corrected chi connectivity index (χ0v) is 16.9. The van der Waals surface area contributed by atoms with Crippen LogP contribution in [0.25, 0.3) is 0 Å². The molecule has 0 aromatic heterocycles. The maximum Gasteiger partial charge on any atom is 0.254 e. The number of benzene rings is 1. The SMILES string of the molecule is CCN(C(=O)c1ccc(C(=O)N2CCCC(C)C2)cc1)C1CCS(=O)(=O)C1. The topological polar surface area (TPSA) is 74.8 Å². The van der Waals surface area contributed by atoms with E-state index in [-0.39, 0.29) is 29.4 Å². The lowest BCUT2D eigenvalue weighted by atomic mass is 9.99. The Hall–Kier alpha value is -1.89. The highest BCUT2D eigenvalue weighted by Gasteiger charge is 2.34. The monoisotopic (exact) mass is 392 g/mol. The summed E-state index contributed by atoms with van der Waals surface area (Å²) in [5.41, 5.74) is 1.08. The molecule has 2 aliphatic heterocycles. The first kappa shape index (κ1) is 19.9. The number of rotatable bonds is 4. The summed E-state index contributed by atoms with van der Waals surface area (Å²) in [4.78, 5) is 29.0. The molecule has 7 heteroatoms. The minimum absolute atomic E-state index is 0.00906. The molecule has 0 N–H and O–H groups in total. The zero-order valence-electron chi connectivity index (χ0n) is 16.1. The van der Waals surface area contributed by atoms with Crippen molar-refractivity contribution in [3.8, 4) is 0 Å². The fraction of sp³-hybridized carbons (Fsp3) is 0.600. The summed E-state index contributed by atoms with van der Waals surface area (Å²) < 4.78 is 23.5. The number of hydrogen-bond acceptors (Lipinski definition) is 4. The van der Waals surface area contributed by atoms with E-state index in [4.69, 9.17) is 0 Å². The Morgan fingerprint density at radius 2 is 1.81 bits per heavy atom. The standard InChI is InChI=1S/C20H28N2O4S/c1-3-22(18-10-12-27(25,26)14-18)20(24)17-8-6-16(7-9-17)19(23)21-11-4-5-15(2)13-21/h6-9,15,18H,3-5,10-14H2,1-2H3. The number of nitrogens with zero attached hydrogens (tertiary/aromatic N) is 2. The van der Waals surface area contributed by atoms with Gasteiger partial charge in [-0.3, -0.25) is 9.59 Å². The molecule has 0 radical (unpaired) electrons. The molecule has 2 fully saturated rings. The van der Waals surface area contributed by atoms with Crippen molar-refractivity contribution >= 4 is 21.7 Å². The average molecular weight is 393 g/mol. The van der Waals surface area contributed by atoms with Crippen LogP contribution in [0.5, 0.6) is 0 Å². The van der Waals surface area contributed by atoms with E-state index in [0.29, 0.717) is 30.0 Å². The maximum atomic E-state index is 12.8. The van der Waals surface area contributed by atoms with Gasteiger partial charge in [0.25, 0.3) is 11.8 Å². The lowest BCUT2D eigenvalue weighted by Crippen LogP contribution is -2.41. The van der Waals surface area contributed by atoms with Crippen molar-refractivity contribution in [2.75, 3.05) is 31.1 Å². The molecule has 2 aliphatic rings. The van der Waals surface area contributed by atoms with Gasteiger partial charge >= 0.3 is 0 Å². The van der Waals surface area contributed by atoms with E-state index in [1.807, 2.05) is 11.8 Å². The molecule has 0 spiro atoms. The number of sulfone groups is 1. The number of likely N-dealkylation sites (tertiary alicyclic amines) is 1. The molecule has 2 heterocycles. The molecule has 2 saturated heterocycles. The van der Waals surface area contributed by atoms with Gasteiger partial charge in [0, 0.05) is 36.8 Å². The van der Waals surface area contributed by atoms with Crippen LogP contribution >= 0.6 is 0 Å². The van der Waals surface area contributed by atoms with E-state index in [2.05, 4.69) is 6.92 Å². The van der Waals surface area contributed by atoms with Gasteiger partial charge in [0.15, 0.2) is 9.84 Å². The van der Waals surface area contributed by atoms with Crippen LogP contribution in [0.2, 0.25) is 0 Å². The van der Waals surface area contributed by atoms with Crippen LogP contribution in [0.1, 0.15) is 53.8 Å². The molecular weight excluding hydrogens is 364 g/mol. The Morgan fingerprint density at radius 1 is 1.15 bits per heavy atom. The van der Waals surface area contributed by atoms with Crippen LogP contribution < -0.4 is 0 Å². The Balaban J connectivity index is 1.70. The highest BCUT2D eigenvalue weighted by atomic mass is 32.2. The minimum atomic E-state index is -3.05. The van der Waals surface area contributed by atoms with Crippen LogP contribution in [-0.4, -0.2) is 67.2 Å². The van der Waals surface area contributed by atoms with Crippen molar-refractivity contribution in [3.05, 3.63) is 35.4 Å². The number of hydrogen-bond donors (Lipinski definition) is 0. The molecular formula is C20H28N2O4S. The number of amides is 2. The van der Waals surface area contributed by atoms with Crippen LogP contribution in [-0.2, 0) is 9.84 Å². The Labute approximate surface area is 161 Å². The molecule has 148 valence electrons. The quantitative estimate of drug-likeness (QED) is 0.787. The van der Waals surface area contributed by atoms with E-state index in [1.165, 1.54) is 0 Å². The molecule has 0 saturated carbocycles. The van der Waals surface area contributed by atoms with E-state index in [9.17, 15) is 18.0 Å². The molecule has 2 amide bonds. The molecule has 1 aromatic rings. The van der Waals surface area contributed by atoms with Crippen LogP contribution in [0, 0.1) is 5.92 Å². The van der Waals surface area contributed by atoms with E-state index in [0.717, 1.165) is 25.9 Å². The van der Waals surface area contributed by atoms with Gasteiger partial charge in [-0.25, -0.2) is 8.42 Å². The normalized spacial score (nSPS) is 24.6. The van der Waals surface area contributed by atoms with E-state index in [1.54, 1.807) is 29.2 Å². The highest BCUT2D eigenvalue weighted by Crippen LogP contribution is 2.21. The summed E-state index contributed by atoms with van der Waals surface area (Å²) in [6.45, 7) is 6.04. The van der Waals surface area contributed by atoms with Gasteiger partial charge in [0.1, 0.15) is 0 Å². The van der Waals surface area contributed by atoms with E-state index < -0.39 is 9.84 Å². The lowest BCUT2D eigenvalue weighted by Gasteiger charge is -2.31. The predicted molar refractivity (Wildman–Crippen MR) is 105 cm³/mol. The second-order valence-corrected chi connectivity index (χ2v) is 9.95. The summed E-state index contributed by atoms with van der Waals surface area (Å²) in [6.07, 6.45) is 2.67. The summed E-state index contributed by atoms with van der Waals surface area (Å²) in [5, 5.41) is 0. The minimum Gasteiger partial charge on any atom is -0.338 e. The highest BCUT2D eigenvalue weighted by molar-refractivity contribution is 7.91. The van der Waals surface area contributed by atoms with E-state index >= 15 is 0 Å². The summed E-state index contributed by atoms with van der Waals surface area (Å²) in [7, 11) is -3.05. The van der Waals surface area contributed by atoms with Crippen molar-refractivity contribution < 1.29 is 18.0 Å². The first-order chi connectivity index (χ1) is 12.8. The Bertz CT molecular complexity index is 804. The van der Waals surface area contributed by atoms with Gasteiger partial charge in [-0.2, -0.15) is 0 Å². The first-order valence-electron chi connectivity index (χ1n) is 9.71. The number of carbonyl (C=O) groups excluding carboxylic acids is 2. The zero-order chi connectivity index (χ0) is 19.6. The molecule has 0 aliphatic carbocycles. The summed E-state index contributed by atoms with van der Waals surface area (Å²) in [5.74, 6) is 0.531. The third kappa shape index (κ3) is 4.51. The second-order valence-electron chi connectivity index (χ2n) is 7.72. The molecule has 6 nitrogen and oxygen atoms in total. The summed E-state index contributed by atoms with van der Waals surface area (Å²) in [6, 6.07) is 6.50. The molecule has 1 aromatic carbocycles. The van der Waals surface area contributed by atoms with Crippen LogP contribution in [0.3, 0.4) is 0 Å². The molecule has 2 atom stereocenters.